The molecule has 2 aliphatic heterocycles. The Morgan fingerprint density at radius 2 is 1.79 bits per heavy atom. The first kappa shape index (κ1) is 18.9. The van der Waals surface area contributed by atoms with E-state index in [9.17, 15) is 9.59 Å². The fourth-order valence-corrected chi connectivity index (χ4v) is 4.45. The van der Waals surface area contributed by atoms with Crippen molar-refractivity contribution < 1.29 is 9.59 Å². The summed E-state index contributed by atoms with van der Waals surface area (Å²) in [5.41, 5.74) is 4.27. The Kier molecular flexibility index (Phi) is 5.58. The summed E-state index contributed by atoms with van der Waals surface area (Å²) in [7, 11) is 1.81. The first-order chi connectivity index (χ1) is 13.6. The Morgan fingerprint density at radius 1 is 1.04 bits per heavy atom. The molecule has 0 atom stereocenters. The lowest BCUT2D eigenvalue weighted by molar-refractivity contribution is -0.118. The van der Waals surface area contributed by atoms with Gasteiger partial charge in [-0.15, -0.1) is 0 Å². The third-order valence-corrected chi connectivity index (χ3v) is 6.26. The van der Waals surface area contributed by atoms with Crippen molar-refractivity contribution in [2.75, 3.05) is 31.6 Å². The maximum absolute atomic E-state index is 12.7. The van der Waals surface area contributed by atoms with Gasteiger partial charge in [0.15, 0.2) is 5.78 Å². The molecule has 28 heavy (non-hydrogen) atoms. The molecule has 0 aliphatic carbocycles. The van der Waals surface area contributed by atoms with Gasteiger partial charge >= 0.3 is 0 Å². The molecule has 1 fully saturated rings. The normalized spacial score (nSPS) is 18.2. The number of anilines is 1. The molecule has 2 aromatic rings. The van der Waals surface area contributed by atoms with Crippen molar-refractivity contribution in [2.24, 2.45) is 0 Å². The molecule has 1 amide bonds. The van der Waals surface area contributed by atoms with E-state index in [-0.39, 0.29) is 11.7 Å². The highest BCUT2D eigenvalue weighted by Gasteiger charge is 2.23. The van der Waals surface area contributed by atoms with Gasteiger partial charge in [0.25, 0.3) is 0 Å². The summed E-state index contributed by atoms with van der Waals surface area (Å²) in [5.74, 6) is 0.992. The number of ketones is 1. The second kappa shape index (κ2) is 8.27. The zero-order valence-corrected chi connectivity index (χ0v) is 16.6. The van der Waals surface area contributed by atoms with Crippen molar-refractivity contribution in [1.82, 2.24) is 4.90 Å². The van der Waals surface area contributed by atoms with Crippen LogP contribution in [-0.4, -0.2) is 43.3 Å². The molecular formula is C24H28N2O2. The highest BCUT2D eigenvalue weighted by molar-refractivity contribution is 5.99. The summed E-state index contributed by atoms with van der Waals surface area (Å²) in [5, 5.41) is 0. The Morgan fingerprint density at radius 3 is 2.54 bits per heavy atom. The first-order valence-corrected chi connectivity index (χ1v) is 10.3. The standard InChI is InChI=1S/C24H28N2O2/c1-25-22-9-7-21(17-20(22)8-10-24(25)28)23(27)13-16-26-14-11-19(12-15-26)18-5-3-2-4-6-18/h2-7,9,17,19H,8,10-16H2,1H3. The summed E-state index contributed by atoms with van der Waals surface area (Å²) in [6.07, 6.45) is 4.14. The highest BCUT2D eigenvalue weighted by atomic mass is 16.2. The molecule has 0 saturated carbocycles. The van der Waals surface area contributed by atoms with Crippen LogP contribution < -0.4 is 4.90 Å². The number of fused-ring (bicyclic) bond motifs is 1. The van der Waals surface area contributed by atoms with E-state index in [1.54, 1.807) is 11.9 Å². The Hall–Kier alpha value is -2.46. The molecule has 146 valence electrons. The zero-order chi connectivity index (χ0) is 19.5. The minimum absolute atomic E-state index is 0.144. The van der Waals surface area contributed by atoms with Gasteiger partial charge in [-0.25, -0.2) is 0 Å². The van der Waals surface area contributed by atoms with Crippen LogP contribution in [0, 0.1) is 0 Å². The molecule has 0 unspecified atom stereocenters. The molecule has 2 aliphatic rings. The van der Waals surface area contributed by atoms with Crippen molar-refractivity contribution in [3.8, 4) is 0 Å². The van der Waals surface area contributed by atoms with E-state index in [1.807, 2.05) is 18.2 Å². The van der Waals surface area contributed by atoms with Gasteiger partial charge < -0.3 is 9.80 Å². The monoisotopic (exact) mass is 376 g/mol. The smallest absolute Gasteiger partial charge is 0.227 e. The van der Waals surface area contributed by atoms with Crippen LogP contribution in [0.4, 0.5) is 5.69 Å². The second-order valence-corrected chi connectivity index (χ2v) is 8.00. The predicted molar refractivity (Wildman–Crippen MR) is 112 cm³/mol. The number of carbonyl (C=O) groups excluding carboxylic acids is 2. The van der Waals surface area contributed by atoms with Gasteiger partial charge in [0, 0.05) is 37.7 Å². The lowest BCUT2D eigenvalue weighted by Crippen LogP contribution is -2.34. The molecule has 4 nitrogen and oxygen atoms in total. The van der Waals surface area contributed by atoms with E-state index in [0.29, 0.717) is 18.8 Å². The van der Waals surface area contributed by atoms with E-state index in [4.69, 9.17) is 0 Å². The van der Waals surface area contributed by atoms with Gasteiger partial charge in [0.1, 0.15) is 0 Å². The van der Waals surface area contributed by atoms with Gasteiger partial charge in [-0.1, -0.05) is 30.3 Å². The van der Waals surface area contributed by atoms with Gasteiger partial charge in [0.2, 0.25) is 5.91 Å². The topological polar surface area (TPSA) is 40.6 Å². The Balaban J connectivity index is 1.30. The largest absolute Gasteiger partial charge is 0.315 e. The summed E-state index contributed by atoms with van der Waals surface area (Å²) in [6, 6.07) is 16.5. The van der Waals surface area contributed by atoms with Crippen molar-refractivity contribution >= 4 is 17.4 Å². The van der Waals surface area contributed by atoms with Crippen LogP contribution in [0.2, 0.25) is 0 Å². The number of Topliss-reactive ketones (excluding diaryl/α,β-unsaturated/α-hetero) is 1. The quantitative estimate of drug-likeness (QED) is 0.739. The molecule has 4 rings (SSSR count). The van der Waals surface area contributed by atoms with Crippen LogP contribution in [0.15, 0.2) is 48.5 Å². The third-order valence-electron chi connectivity index (χ3n) is 6.26. The Bertz CT molecular complexity index is 854. The van der Waals surface area contributed by atoms with Crippen molar-refractivity contribution in [1.29, 1.82) is 0 Å². The second-order valence-electron chi connectivity index (χ2n) is 8.00. The zero-order valence-electron chi connectivity index (χ0n) is 16.6. The molecule has 0 spiro atoms. The number of hydrogen-bond donors (Lipinski definition) is 0. The molecule has 0 aromatic heterocycles. The van der Waals surface area contributed by atoms with Gasteiger partial charge in [0.05, 0.1) is 0 Å². The number of nitrogens with zero attached hydrogens (tertiary/aromatic N) is 2. The number of amides is 1. The van der Waals surface area contributed by atoms with Crippen molar-refractivity contribution in [3.63, 3.8) is 0 Å². The van der Waals surface area contributed by atoms with Crippen LogP contribution in [0.25, 0.3) is 0 Å². The van der Waals surface area contributed by atoms with Crippen molar-refractivity contribution in [3.05, 3.63) is 65.2 Å². The van der Waals surface area contributed by atoms with Crippen LogP contribution in [0.3, 0.4) is 0 Å². The van der Waals surface area contributed by atoms with Crippen LogP contribution in [-0.2, 0) is 11.2 Å². The summed E-state index contributed by atoms with van der Waals surface area (Å²) < 4.78 is 0. The highest BCUT2D eigenvalue weighted by Crippen LogP contribution is 2.29. The van der Waals surface area contributed by atoms with E-state index in [1.165, 1.54) is 5.56 Å². The molecule has 0 radical (unpaired) electrons. The number of likely N-dealkylation sites (tertiary alicyclic amines) is 1. The molecule has 4 heteroatoms. The minimum Gasteiger partial charge on any atom is -0.315 e. The Labute approximate surface area is 167 Å². The van der Waals surface area contributed by atoms with Crippen LogP contribution in [0.5, 0.6) is 0 Å². The maximum Gasteiger partial charge on any atom is 0.227 e. The number of benzene rings is 2. The van der Waals surface area contributed by atoms with Gasteiger partial charge in [-0.2, -0.15) is 0 Å². The number of carbonyl (C=O) groups is 2. The van der Waals surface area contributed by atoms with Crippen LogP contribution >= 0.6 is 0 Å². The summed E-state index contributed by atoms with van der Waals surface area (Å²) in [6.45, 7) is 2.95. The fourth-order valence-electron chi connectivity index (χ4n) is 4.45. The molecular weight excluding hydrogens is 348 g/mol. The minimum atomic E-state index is 0.144. The average Bonchev–Trinajstić information content (AvgIpc) is 2.75. The van der Waals surface area contributed by atoms with Crippen molar-refractivity contribution in [2.45, 2.75) is 38.0 Å². The predicted octanol–water partition coefficient (Wildman–Crippen LogP) is 4.05. The summed E-state index contributed by atoms with van der Waals surface area (Å²) >= 11 is 0. The van der Waals surface area contributed by atoms with E-state index < -0.39 is 0 Å². The lowest BCUT2D eigenvalue weighted by atomic mass is 9.89. The van der Waals surface area contributed by atoms with E-state index in [0.717, 1.165) is 55.7 Å². The molecule has 1 saturated heterocycles. The van der Waals surface area contributed by atoms with E-state index in [2.05, 4.69) is 35.2 Å². The average molecular weight is 377 g/mol. The lowest BCUT2D eigenvalue weighted by Gasteiger charge is -2.32. The fraction of sp³-hybridized carbons (Fsp3) is 0.417. The molecule has 0 bridgehead atoms. The van der Waals surface area contributed by atoms with Crippen LogP contribution in [0.1, 0.15) is 53.1 Å². The first-order valence-electron chi connectivity index (χ1n) is 10.3. The molecule has 2 aromatic carbocycles. The van der Waals surface area contributed by atoms with Gasteiger partial charge in [-0.3, -0.25) is 9.59 Å². The number of piperidine rings is 1. The van der Waals surface area contributed by atoms with E-state index >= 15 is 0 Å². The number of hydrogen-bond acceptors (Lipinski definition) is 3. The van der Waals surface area contributed by atoms with Gasteiger partial charge in [-0.05, 0) is 67.6 Å². The number of rotatable bonds is 5. The molecule has 2 heterocycles. The molecule has 0 N–H and O–H groups in total. The maximum atomic E-state index is 12.7. The summed E-state index contributed by atoms with van der Waals surface area (Å²) in [4.78, 5) is 28.6. The SMILES string of the molecule is CN1C(=O)CCc2cc(C(=O)CCN3CCC(c4ccccc4)CC3)ccc21. The third kappa shape index (κ3) is 4.02. The number of aryl methyl sites for hydroxylation is 1.